The van der Waals surface area contributed by atoms with Gasteiger partial charge in [-0.2, -0.15) is 0 Å². The van der Waals surface area contributed by atoms with E-state index in [1.54, 1.807) is 6.92 Å². The molecule has 0 heterocycles. The van der Waals surface area contributed by atoms with Crippen LogP contribution >= 0.6 is 0 Å². The van der Waals surface area contributed by atoms with Crippen LogP contribution in [0.25, 0.3) is 0 Å². The third-order valence-electron chi connectivity index (χ3n) is 2.34. The molecule has 0 aliphatic rings. The Morgan fingerprint density at radius 3 is 2.83 bits per heavy atom. The Balaban J connectivity index is 3.08. The van der Waals surface area contributed by atoms with Gasteiger partial charge in [0.05, 0.1) is 11.0 Å². The van der Waals surface area contributed by atoms with Gasteiger partial charge in [0, 0.05) is 6.07 Å². The Morgan fingerprint density at radius 1 is 1.67 bits per heavy atom. The van der Waals surface area contributed by atoms with E-state index in [9.17, 15) is 20.0 Å². The maximum absolute atomic E-state index is 11.8. The molecule has 6 nitrogen and oxygen atoms in total. The second-order valence-electron chi connectivity index (χ2n) is 3.56. The molecule has 0 aromatic heterocycles. The van der Waals surface area contributed by atoms with Crippen LogP contribution in [0.3, 0.4) is 0 Å². The number of hydrogen-bond acceptors (Lipinski definition) is 4. The molecule has 0 aliphatic carbocycles. The number of carbonyl (C=O) groups is 1. The Hall–Kier alpha value is -2.55. The first kappa shape index (κ1) is 13.5. The number of hydrogen-bond donors (Lipinski definition) is 2. The number of nitro benzene ring substituents is 1. The summed E-state index contributed by atoms with van der Waals surface area (Å²) >= 11 is 0. The number of nitrogens with zero attached hydrogens (tertiary/aromatic N) is 1. The Bertz CT molecular complexity index is 519. The lowest BCUT2D eigenvalue weighted by atomic mass is 10.1. The summed E-state index contributed by atoms with van der Waals surface area (Å²) in [6, 6.07) is 2.75. The van der Waals surface area contributed by atoms with Crippen LogP contribution in [0.1, 0.15) is 23.7 Å². The molecule has 1 unspecified atom stereocenters. The summed E-state index contributed by atoms with van der Waals surface area (Å²) in [6.07, 6.45) is 5.70. The molecule has 94 valence electrons. The largest absolute Gasteiger partial charge is 0.508 e. The highest BCUT2D eigenvalue weighted by atomic mass is 16.6. The molecule has 1 rings (SSSR count). The zero-order valence-corrected chi connectivity index (χ0v) is 9.71. The number of phenols is 1. The lowest BCUT2D eigenvalue weighted by Crippen LogP contribution is -2.33. The number of aromatic hydroxyl groups is 1. The van der Waals surface area contributed by atoms with Crippen LogP contribution in [0.15, 0.2) is 18.2 Å². The summed E-state index contributed by atoms with van der Waals surface area (Å²) in [7, 11) is 0. The number of nitro groups is 1. The number of nitrogens with one attached hydrogen (secondary N) is 1. The molecular formula is C12H12N2O4. The first-order valence-corrected chi connectivity index (χ1v) is 5.24. The van der Waals surface area contributed by atoms with E-state index in [1.807, 2.05) is 0 Å². The van der Waals surface area contributed by atoms with Crippen LogP contribution in [-0.2, 0) is 0 Å². The molecule has 1 aromatic carbocycles. The Kier molecular flexibility index (Phi) is 4.27. The van der Waals surface area contributed by atoms with E-state index in [0.29, 0.717) is 6.42 Å². The minimum absolute atomic E-state index is 0.214. The minimum Gasteiger partial charge on any atom is -0.508 e. The van der Waals surface area contributed by atoms with Gasteiger partial charge in [-0.3, -0.25) is 14.9 Å². The highest BCUT2D eigenvalue weighted by molar-refractivity contribution is 5.98. The average molecular weight is 248 g/mol. The number of rotatable bonds is 4. The van der Waals surface area contributed by atoms with E-state index >= 15 is 0 Å². The van der Waals surface area contributed by atoms with Crippen LogP contribution in [0.5, 0.6) is 5.75 Å². The van der Waals surface area contributed by atoms with Gasteiger partial charge in [0.25, 0.3) is 11.6 Å². The molecule has 0 aliphatic heterocycles. The zero-order chi connectivity index (χ0) is 13.7. The van der Waals surface area contributed by atoms with Crippen molar-refractivity contribution in [3.8, 4) is 18.1 Å². The number of terminal acetylenes is 1. The molecule has 0 spiro atoms. The second-order valence-corrected chi connectivity index (χ2v) is 3.56. The van der Waals surface area contributed by atoms with Crippen LogP contribution in [-0.4, -0.2) is 22.0 Å². The van der Waals surface area contributed by atoms with E-state index in [0.717, 1.165) is 18.2 Å². The van der Waals surface area contributed by atoms with E-state index in [1.165, 1.54) is 0 Å². The molecular weight excluding hydrogens is 236 g/mol. The maximum atomic E-state index is 11.8. The predicted molar refractivity (Wildman–Crippen MR) is 65.1 cm³/mol. The van der Waals surface area contributed by atoms with Crippen LogP contribution < -0.4 is 5.32 Å². The Labute approximate surface area is 104 Å². The summed E-state index contributed by atoms with van der Waals surface area (Å²) in [5, 5.41) is 22.5. The molecule has 1 aromatic rings. The van der Waals surface area contributed by atoms with Crippen LogP contribution in [0, 0.1) is 22.5 Å². The van der Waals surface area contributed by atoms with Crippen molar-refractivity contribution in [3.05, 3.63) is 33.9 Å². The predicted octanol–water partition coefficient (Wildman–Crippen LogP) is 1.44. The first-order valence-electron chi connectivity index (χ1n) is 5.24. The fourth-order valence-electron chi connectivity index (χ4n) is 1.36. The van der Waals surface area contributed by atoms with Crippen molar-refractivity contribution in [2.75, 3.05) is 0 Å². The second kappa shape index (κ2) is 5.68. The van der Waals surface area contributed by atoms with E-state index in [-0.39, 0.29) is 17.0 Å². The van der Waals surface area contributed by atoms with Crippen LogP contribution in [0.4, 0.5) is 5.69 Å². The van der Waals surface area contributed by atoms with Gasteiger partial charge in [-0.25, -0.2) is 0 Å². The standard InChI is InChI=1S/C12H12N2O4/c1-3-8(4-2)13-12(16)10-7-9(15)5-6-11(10)14(17)18/h1,5-8,15H,4H2,2H3,(H,13,16). The lowest BCUT2D eigenvalue weighted by molar-refractivity contribution is -0.385. The highest BCUT2D eigenvalue weighted by Crippen LogP contribution is 2.23. The van der Waals surface area contributed by atoms with E-state index in [2.05, 4.69) is 11.2 Å². The third kappa shape index (κ3) is 2.98. The molecule has 0 saturated carbocycles. The fourth-order valence-corrected chi connectivity index (χ4v) is 1.36. The summed E-state index contributed by atoms with van der Waals surface area (Å²) in [4.78, 5) is 21.9. The van der Waals surface area contributed by atoms with Crippen molar-refractivity contribution >= 4 is 11.6 Å². The molecule has 1 amide bonds. The average Bonchev–Trinajstić information content (AvgIpc) is 2.35. The van der Waals surface area contributed by atoms with Gasteiger partial charge in [-0.05, 0) is 18.6 Å². The normalized spacial score (nSPS) is 11.3. The maximum Gasteiger partial charge on any atom is 0.282 e. The molecule has 1 atom stereocenters. The highest BCUT2D eigenvalue weighted by Gasteiger charge is 2.21. The van der Waals surface area contributed by atoms with Gasteiger partial charge in [-0.1, -0.05) is 12.8 Å². The molecule has 2 N–H and O–H groups in total. The minimum atomic E-state index is -0.689. The van der Waals surface area contributed by atoms with Gasteiger partial charge >= 0.3 is 0 Å². The topological polar surface area (TPSA) is 92.5 Å². The lowest BCUT2D eigenvalue weighted by Gasteiger charge is -2.10. The SMILES string of the molecule is C#CC(CC)NC(=O)c1cc(O)ccc1[N+](=O)[O-]. The molecule has 0 radical (unpaired) electrons. The van der Waals surface area contributed by atoms with Gasteiger partial charge in [-0.15, -0.1) is 6.42 Å². The summed E-state index contributed by atoms with van der Waals surface area (Å²) in [5.74, 6) is 1.45. The van der Waals surface area contributed by atoms with Crippen molar-refractivity contribution in [2.45, 2.75) is 19.4 Å². The molecule has 0 bridgehead atoms. The van der Waals surface area contributed by atoms with Crippen LogP contribution in [0.2, 0.25) is 0 Å². The van der Waals surface area contributed by atoms with Gasteiger partial charge in [0.15, 0.2) is 0 Å². The summed E-state index contributed by atoms with van der Waals surface area (Å²) in [6.45, 7) is 1.78. The zero-order valence-electron chi connectivity index (χ0n) is 9.71. The van der Waals surface area contributed by atoms with Crippen molar-refractivity contribution in [1.82, 2.24) is 5.32 Å². The number of amides is 1. The number of carbonyl (C=O) groups excluding carboxylic acids is 1. The monoisotopic (exact) mass is 248 g/mol. The number of phenolic OH excluding ortho intramolecular Hbond substituents is 1. The summed E-state index contributed by atoms with van der Waals surface area (Å²) in [5.41, 5.74) is -0.592. The fraction of sp³-hybridized carbons (Fsp3) is 0.250. The van der Waals surface area contributed by atoms with Gasteiger partial charge in [0.1, 0.15) is 11.3 Å². The first-order chi connectivity index (χ1) is 8.49. The molecule has 0 saturated heterocycles. The van der Waals surface area contributed by atoms with Crippen molar-refractivity contribution in [2.24, 2.45) is 0 Å². The third-order valence-corrected chi connectivity index (χ3v) is 2.34. The van der Waals surface area contributed by atoms with Crippen molar-refractivity contribution in [3.63, 3.8) is 0 Å². The molecule has 6 heteroatoms. The quantitative estimate of drug-likeness (QED) is 0.479. The Morgan fingerprint density at radius 2 is 2.33 bits per heavy atom. The van der Waals surface area contributed by atoms with Gasteiger partial charge in [0.2, 0.25) is 0 Å². The molecule has 18 heavy (non-hydrogen) atoms. The van der Waals surface area contributed by atoms with E-state index in [4.69, 9.17) is 6.42 Å². The number of benzene rings is 1. The smallest absolute Gasteiger partial charge is 0.282 e. The van der Waals surface area contributed by atoms with Crippen molar-refractivity contribution < 1.29 is 14.8 Å². The molecule has 0 fully saturated rings. The van der Waals surface area contributed by atoms with E-state index < -0.39 is 16.9 Å². The van der Waals surface area contributed by atoms with Gasteiger partial charge < -0.3 is 10.4 Å². The van der Waals surface area contributed by atoms with Crippen molar-refractivity contribution in [1.29, 1.82) is 0 Å². The summed E-state index contributed by atoms with van der Waals surface area (Å²) < 4.78 is 0.